The number of anilines is 1. The second-order valence-electron chi connectivity index (χ2n) is 5.51. The van der Waals surface area contributed by atoms with Crippen LogP contribution in [0.4, 0.5) is 5.82 Å². The second kappa shape index (κ2) is 6.49. The third-order valence-electron chi connectivity index (χ3n) is 3.73. The first-order valence-corrected chi connectivity index (χ1v) is 8.31. The summed E-state index contributed by atoms with van der Waals surface area (Å²) in [6, 6.07) is 2.09. The molecule has 0 N–H and O–H groups in total. The van der Waals surface area contributed by atoms with Crippen LogP contribution in [0.5, 0.6) is 0 Å². The van der Waals surface area contributed by atoms with Gasteiger partial charge in [0.25, 0.3) is 0 Å². The molecule has 3 rings (SSSR count). The Hall–Kier alpha value is -1.53. The van der Waals surface area contributed by atoms with Crippen LogP contribution in [0.1, 0.15) is 23.6 Å². The monoisotopic (exact) mass is 303 g/mol. The van der Waals surface area contributed by atoms with Crippen LogP contribution >= 0.6 is 11.3 Å². The Morgan fingerprint density at radius 3 is 2.81 bits per heavy atom. The van der Waals surface area contributed by atoms with Gasteiger partial charge in [0, 0.05) is 49.9 Å². The molecule has 0 bridgehead atoms. The molecule has 2 aromatic heterocycles. The van der Waals surface area contributed by atoms with E-state index in [4.69, 9.17) is 0 Å². The molecular weight excluding hydrogens is 282 g/mol. The fourth-order valence-electron chi connectivity index (χ4n) is 2.76. The lowest BCUT2D eigenvalue weighted by Gasteiger charge is -2.22. The fourth-order valence-corrected chi connectivity index (χ4v) is 3.31. The fraction of sp³-hybridized carbons (Fsp3) is 0.533. The minimum Gasteiger partial charge on any atom is -0.355 e. The van der Waals surface area contributed by atoms with Crippen LogP contribution < -0.4 is 4.90 Å². The third-order valence-corrected chi connectivity index (χ3v) is 4.37. The van der Waals surface area contributed by atoms with Gasteiger partial charge in [0.2, 0.25) is 0 Å². The van der Waals surface area contributed by atoms with E-state index in [1.807, 2.05) is 19.4 Å². The van der Waals surface area contributed by atoms with Crippen molar-refractivity contribution >= 4 is 17.2 Å². The molecule has 21 heavy (non-hydrogen) atoms. The molecule has 0 spiro atoms. The highest BCUT2D eigenvalue weighted by molar-refractivity contribution is 7.07. The molecule has 112 valence electrons. The first-order chi connectivity index (χ1) is 10.2. The van der Waals surface area contributed by atoms with Crippen molar-refractivity contribution in [2.75, 3.05) is 31.1 Å². The zero-order valence-electron chi connectivity index (χ0n) is 12.6. The Morgan fingerprint density at radius 2 is 2.05 bits per heavy atom. The molecular formula is C15H21N5S. The van der Waals surface area contributed by atoms with Crippen LogP contribution in [0.3, 0.4) is 0 Å². The standard InChI is InChI=1S/C15H21N5S/c1-12-8-15(18-13(2)17-12)20-5-3-4-19(6-7-20)9-14-10-21-11-16-14/h8,10-11H,3-7,9H2,1-2H3. The number of nitrogens with zero attached hydrogens (tertiary/aromatic N) is 5. The highest BCUT2D eigenvalue weighted by atomic mass is 32.1. The molecule has 0 amide bonds. The number of rotatable bonds is 3. The number of aryl methyl sites for hydroxylation is 2. The first kappa shape index (κ1) is 14.4. The molecule has 0 radical (unpaired) electrons. The molecule has 5 nitrogen and oxygen atoms in total. The van der Waals surface area contributed by atoms with Gasteiger partial charge in [-0.25, -0.2) is 15.0 Å². The maximum absolute atomic E-state index is 4.59. The van der Waals surface area contributed by atoms with E-state index in [0.29, 0.717) is 0 Å². The summed E-state index contributed by atoms with van der Waals surface area (Å²) in [5, 5.41) is 2.14. The van der Waals surface area contributed by atoms with E-state index in [1.54, 1.807) is 11.3 Å². The Bertz CT molecular complexity index is 564. The maximum atomic E-state index is 4.59. The Morgan fingerprint density at radius 1 is 1.14 bits per heavy atom. The van der Waals surface area contributed by atoms with E-state index < -0.39 is 0 Å². The topological polar surface area (TPSA) is 45.2 Å². The summed E-state index contributed by atoms with van der Waals surface area (Å²) in [4.78, 5) is 18.2. The average Bonchev–Trinajstić information content (AvgIpc) is 2.82. The number of hydrogen-bond donors (Lipinski definition) is 0. The van der Waals surface area contributed by atoms with Crippen LogP contribution in [0, 0.1) is 13.8 Å². The van der Waals surface area contributed by atoms with Crippen LogP contribution in [0.2, 0.25) is 0 Å². The summed E-state index contributed by atoms with van der Waals surface area (Å²) in [6.45, 7) is 9.20. The number of thiazole rings is 1. The van der Waals surface area contributed by atoms with Crippen LogP contribution in [-0.2, 0) is 6.54 Å². The SMILES string of the molecule is Cc1cc(N2CCCN(Cc3cscn3)CC2)nc(C)n1. The van der Waals surface area contributed by atoms with E-state index in [9.17, 15) is 0 Å². The minimum absolute atomic E-state index is 0.855. The molecule has 0 unspecified atom stereocenters. The summed E-state index contributed by atoms with van der Waals surface area (Å²) in [5.74, 6) is 1.92. The largest absolute Gasteiger partial charge is 0.355 e. The van der Waals surface area contributed by atoms with Gasteiger partial charge in [-0.2, -0.15) is 0 Å². The van der Waals surface area contributed by atoms with Gasteiger partial charge in [0.1, 0.15) is 11.6 Å². The molecule has 0 aliphatic carbocycles. The predicted molar refractivity (Wildman–Crippen MR) is 85.7 cm³/mol. The molecule has 0 atom stereocenters. The molecule has 1 fully saturated rings. The van der Waals surface area contributed by atoms with E-state index >= 15 is 0 Å². The van der Waals surface area contributed by atoms with Crippen molar-refractivity contribution in [2.45, 2.75) is 26.8 Å². The van der Waals surface area contributed by atoms with E-state index in [1.165, 1.54) is 5.69 Å². The van der Waals surface area contributed by atoms with Crippen molar-refractivity contribution in [1.82, 2.24) is 19.9 Å². The number of hydrogen-bond acceptors (Lipinski definition) is 6. The average molecular weight is 303 g/mol. The summed E-state index contributed by atoms with van der Waals surface area (Å²) >= 11 is 1.67. The Kier molecular flexibility index (Phi) is 4.45. The van der Waals surface area contributed by atoms with Gasteiger partial charge in [0.15, 0.2) is 0 Å². The van der Waals surface area contributed by atoms with Gasteiger partial charge in [-0.3, -0.25) is 4.90 Å². The molecule has 6 heteroatoms. The summed E-state index contributed by atoms with van der Waals surface area (Å²) in [7, 11) is 0. The summed E-state index contributed by atoms with van der Waals surface area (Å²) in [6.07, 6.45) is 1.16. The summed E-state index contributed by atoms with van der Waals surface area (Å²) < 4.78 is 0. The lowest BCUT2D eigenvalue weighted by molar-refractivity contribution is 0.282. The van der Waals surface area contributed by atoms with Crippen molar-refractivity contribution in [1.29, 1.82) is 0 Å². The van der Waals surface area contributed by atoms with Crippen LogP contribution in [0.25, 0.3) is 0 Å². The summed E-state index contributed by atoms with van der Waals surface area (Å²) in [5.41, 5.74) is 4.13. The Labute approximate surface area is 129 Å². The zero-order valence-corrected chi connectivity index (χ0v) is 13.4. The van der Waals surface area contributed by atoms with E-state index in [-0.39, 0.29) is 0 Å². The van der Waals surface area contributed by atoms with Crippen molar-refractivity contribution in [2.24, 2.45) is 0 Å². The molecule has 0 aromatic carbocycles. The quantitative estimate of drug-likeness (QED) is 0.870. The van der Waals surface area contributed by atoms with Crippen molar-refractivity contribution in [3.63, 3.8) is 0 Å². The van der Waals surface area contributed by atoms with Gasteiger partial charge in [0.05, 0.1) is 11.2 Å². The smallest absolute Gasteiger partial charge is 0.132 e. The number of aromatic nitrogens is 3. The first-order valence-electron chi connectivity index (χ1n) is 7.37. The molecule has 2 aromatic rings. The van der Waals surface area contributed by atoms with Crippen LogP contribution in [-0.4, -0.2) is 46.0 Å². The van der Waals surface area contributed by atoms with E-state index in [0.717, 1.165) is 56.5 Å². The molecule has 1 saturated heterocycles. The third kappa shape index (κ3) is 3.77. The minimum atomic E-state index is 0.855. The van der Waals surface area contributed by atoms with Gasteiger partial charge in [-0.05, 0) is 20.3 Å². The van der Waals surface area contributed by atoms with Crippen molar-refractivity contribution in [3.8, 4) is 0 Å². The highest BCUT2D eigenvalue weighted by Gasteiger charge is 2.17. The van der Waals surface area contributed by atoms with Gasteiger partial charge < -0.3 is 4.90 Å². The van der Waals surface area contributed by atoms with Gasteiger partial charge >= 0.3 is 0 Å². The van der Waals surface area contributed by atoms with Gasteiger partial charge in [-0.1, -0.05) is 0 Å². The van der Waals surface area contributed by atoms with Crippen molar-refractivity contribution < 1.29 is 0 Å². The maximum Gasteiger partial charge on any atom is 0.132 e. The highest BCUT2D eigenvalue weighted by Crippen LogP contribution is 2.16. The molecule has 1 aliphatic rings. The molecule has 1 aliphatic heterocycles. The lowest BCUT2D eigenvalue weighted by atomic mass is 10.3. The Balaban J connectivity index is 1.65. The van der Waals surface area contributed by atoms with Gasteiger partial charge in [-0.15, -0.1) is 11.3 Å². The predicted octanol–water partition coefficient (Wildman–Crippen LogP) is 2.26. The molecule has 3 heterocycles. The second-order valence-corrected chi connectivity index (χ2v) is 6.23. The van der Waals surface area contributed by atoms with Crippen LogP contribution in [0.15, 0.2) is 17.0 Å². The lowest BCUT2D eigenvalue weighted by Crippen LogP contribution is -2.31. The van der Waals surface area contributed by atoms with Crippen molar-refractivity contribution in [3.05, 3.63) is 34.2 Å². The van der Waals surface area contributed by atoms with E-state index in [2.05, 4.69) is 36.2 Å². The zero-order chi connectivity index (χ0) is 14.7. The molecule has 0 saturated carbocycles. The normalized spacial score (nSPS) is 17.0.